The van der Waals surface area contributed by atoms with E-state index in [1.54, 1.807) is 6.07 Å². The molecule has 4 rings (SSSR count). The van der Waals surface area contributed by atoms with Gasteiger partial charge in [0.1, 0.15) is 0 Å². The summed E-state index contributed by atoms with van der Waals surface area (Å²) in [6.07, 6.45) is 3.44. The van der Waals surface area contributed by atoms with E-state index >= 15 is 0 Å². The fourth-order valence-electron chi connectivity index (χ4n) is 4.32. The van der Waals surface area contributed by atoms with Gasteiger partial charge in [-0.05, 0) is 68.5 Å². The predicted octanol–water partition coefficient (Wildman–Crippen LogP) is 5.87. The number of hydrogen-bond acceptors (Lipinski definition) is 3. The Kier molecular flexibility index (Phi) is 7.48. The molecule has 0 atom stereocenters. The second kappa shape index (κ2) is 10.9. The number of carbonyl (C=O) groups excluding carboxylic acids is 2. The van der Waals surface area contributed by atoms with Crippen LogP contribution in [0.15, 0.2) is 66.7 Å². The number of anilines is 3. The van der Waals surface area contributed by atoms with E-state index in [0.717, 1.165) is 54.0 Å². The Morgan fingerprint density at radius 2 is 1.62 bits per heavy atom. The third-order valence-corrected chi connectivity index (χ3v) is 6.12. The molecule has 1 aliphatic rings. The van der Waals surface area contributed by atoms with Crippen molar-refractivity contribution in [3.63, 3.8) is 0 Å². The maximum Gasteiger partial charge on any atom is 0.323 e. The maximum absolute atomic E-state index is 13.2. The molecule has 6 heteroatoms. The second-order valence-corrected chi connectivity index (χ2v) is 8.85. The molecule has 1 saturated heterocycles. The lowest BCUT2D eigenvalue weighted by Crippen LogP contribution is -2.33. The lowest BCUT2D eigenvalue weighted by molar-refractivity contribution is 0.0951. The Morgan fingerprint density at radius 1 is 0.853 bits per heavy atom. The molecule has 0 spiro atoms. The van der Waals surface area contributed by atoms with Crippen LogP contribution in [0, 0.1) is 13.8 Å². The molecular weight excluding hydrogens is 424 g/mol. The lowest BCUT2D eigenvalue weighted by Gasteiger charge is -2.30. The van der Waals surface area contributed by atoms with Crippen molar-refractivity contribution in [1.82, 2.24) is 5.32 Å². The first-order chi connectivity index (χ1) is 16.5. The Hall–Kier alpha value is -3.80. The minimum absolute atomic E-state index is 0.150. The van der Waals surface area contributed by atoms with Crippen molar-refractivity contribution in [2.75, 3.05) is 28.6 Å². The summed E-state index contributed by atoms with van der Waals surface area (Å²) in [4.78, 5) is 28.1. The van der Waals surface area contributed by atoms with Crippen molar-refractivity contribution in [3.8, 4) is 0 Å². The molecule has 3 aromatic rings. The number of urea groups is 1. The van der Waals surface area contributed by atoms with Gasteiger partial charge in [-0.25, -0.2) is 4.79 Å². The normalized spacial score (nSPS) is 13.3. The van der Waals surface area contributed by atoms with Gasteiger partial charge in [0.05, 0.1) is 5.56 Å². The number of nitrogens with zero attached hydrogens (tertiary/aromatic N) is 1. The first kappa shape index (κ1) is 23.4. The van der Waals surface area contributed by atoms with Crippen LogP contribution in [0.4, 0.5) is 21.9 Å². The summed E-state index contributed by atoms with van der Waals surface area (Å²) in [5.74, 6) is -0.150. The van der Waals surface area contributed by atoms with Crippen LogP contribution >= 0.6 is 0 Å². The van der Waals surface area contributed by atoms with Crippen molar-refractivity contribution in [2.24, 2.45) is 0 Å². The van der Waals surface area contributed by atoms with Crippen molar-refractivity contribution in [2.45, 2.75) is 39.7 Å². The largest absolute Gasteiger partial charge is 0.371 e. The second-order valence-electron chi connectivity index (χ2n) is 8.85. The molecule has 3 aromatic carbocycles. The molecule has 1 aliphatic heterocycles. The number of amides is 3. The fraction of sp³-hybridized carbons (Fsp3) is 0.286. The van der Waals surface area contributed by atoms with Gasteiger partial charge in [0.2, 0.25) is 0 Å². The molecule has 0 aromatic heterocycles. The van der Waals surface area contributed by atoms with Gasteiger partial charge < -0.3 is 20.9 Å². The molecule has 1 fully saturated rings. The average Bonchev–Trinajstić information content (AvgIpc) is 2.85. The Morgan fingerprint density at radius 3 is 2.35 bits per heavy atom. The number of carbonyl (C=O) groups is 2. The lowest BCUT2D eigenvalue weighted by atomic mass is 10.1. The highest BCUT2D eigenvalue weighted by Crippen LogP contribution is 2.28. The molecule has 6 nitrogen and oxygen atoms in total. The Labute approximate surface area is 201 Å². The van der Waals surface area contributed by atoms with Crippen LogP contribution in [-0.2, 0) is 6.54 Å². The summed E-state index contributed by atoms with van der Waals surface area (Å²) in [5.41, 5.74) is 5.99. The van der Waals surface area contributed by atoms with Gasteiger partial charge in [0.25, 0.3) is 5.91 Å². The van der Waals surface area contributed by atoms with Crippen LogP contribution in [0.3, 0.4) is 0 Å². The van der Waals surface area contributed by atoms with Crippen LogP contribution < -0.4 is 20.9 Å². The van der Waals surface area contributed by atoms with Gasteiger partial charge in [-0.15, -0.1) is 0 Å². The van der Waals surface area contributed by atoms with Gasteiger partial charge in [-0.2, -0.15) is 0 Å². The Bertz CT molecular complexity index is 1150. The van der Waals surface area contributed by atoms with E-state index in [1.165, 1.54) is 6.42 Å². The monoisotopic (exact) mass is 456 g/mol. The molecule has 0 aliphatic carbocycles. The van der Waals surface area contributed by atoms with Crippen LogP contribution in [0.2, 0.25) is 0 Å². The molecule has 34 heavy (non-hydrogen) atoms. The molecule has 0 bridgehead atoms. The molecule has 0 unspecified atom stereocenters. The SMILES string of the molecule is Cc1ccc(NC(=O)Nc2ccc(N3CCCCC3)c(C(=O)NCc3ccccc3)c2)c(C)c1. The molecular formula is C28H32N4O2. The Balaban J connectivity index is 1.52. The van der Waals surface area contributed by atoms with Crippen molar-refractivity contribution < 1.29 is 9.59 Å². The van der Waals surface area contributed by atoms with Crippen molar-refractivity contribution in [1.29, 1.82) is 0 Å². The van der Waals surface area contributed by atoms with Crippen molar-refractivity contribution in [3.05, 3.63) is 89.0 Å². The number of nitrogens with one attached hydrogen (secondary N) is 3. The number of piperidine rings is 1. The van der Waals surface area contributed by atoms with Gasteiger partial charge >= 0.3 is 6.03 Å². The summed E-state index contributed by atoms with van der Waals surface area (Å²) in [5, 5.41) is 8.82. The van der Waals surface area contributed by atoms with Gasteiger partial charge in [0.15, 0.2) is 0 Å². The van der Waals surface area contributed by atoms with Gasteiger partial charge in [0, 0.05) is 36.7 Å². The molecule has 176 valence electrons. The zero-order valence-corrected chi connectivity index (χ0v) is 19.9. The third-order valence-electron chi connectivity index (χ3n) is 6.12. The number of hydrogen-bond donors (Lipinski definition) is 3. The van der Waals surface area contributed by atoms with Crippen molar-refractivity contribution >= 4 is 29.0 Å². The highest BCUT2D eigenvalue weighted by Gasteiger charge is 2.20. The van der Waals surface area contributed by atoms with E-state index in [9.17, 15) is 9.59 Å². The standard InChI is InChI=1S/C28H32N4O2/c1-20-11-13-25(21(2)17-20)31-28(34)30-23-12-14-26(32-15-7-4-8-16-32)24(18-23)27(33)29-19-22-9-5-3-6-10-22/h3,5-6,9-14,17-18H,4,7-8,15-16,19H2,1-2H3,(H,29,33)(H2,30,31,34). The number of aryl methyl sites for hydroxylation is 2. The van der Waals surface area contributed by atoms with Crippen LogP contribution in [-0.4, -0.2) is 25.0 Å². The zero-order chi connectivity index (χ0) is 23.9. The summed E-state index contributed by atoms with van der Waals surface area (Å²) < 4.78 is 0. The summed E-state index contributed by atoms with van der Waals surface area (Å²) >= 11 is 0. The minimum Gasteiger partial charge on any atom is -0.371 e. The third kappa shape index (κ3) is 5.95. The topological polar surface area (TPSA) is 73.5 Å². The first-order valence-electron chi connectivity index (χ1n) is 11.9. The van der Waals surface area contributed by atoms with E-state index in [0.29, 0.717) is 17.8 Å². The summed E-state index contributed by atoms with van der Waals surface area (Å²) in [6.45, 7) is 6.29. The van der Waals surface area contributed by atoms with Gasteiger partial charge in [-0.3, -0.25) is 4.79 Å². The molecule has 3 amide bonds. The quantitative estimate of drug-likeness (QED) is 0.434. The highest BCUT2D eigenvalue weighted by molar-refractivity contribution is 6.04. The maximum atomic E-state index is 13.2. The number of benzene rings is 3. The number of rotatable bonds is 6. The van der Waals surface area contributed by atoms with Crippen LogP contribution in [0.25, 0.3) is 0 Å². The molecule has 3 N–H and O–H groups in total. The first-order valence-corrected chi connectivity index (χ1v) is 11.9. The van der Waals surface area contributed by atoms with E-state index < -0.39 is 0 Å². The van der Waals surface area contributed by atoms with E-state index in [4.69, 9.17) is 0 Å². The highest BCUT2D eigenvalue weighted by atomic mass is 16.2. The van der Waals surface area contributed by atoms with E-state index in [-0.39, 0.29) is 11.9 Å². The predicted molar refractivity (Wildman–Crippen MR) is 139 cm³/mol. The summed E-state index contributed by atoms with van der Waals surface area (Å²) in [6, 6.07) is 21.0. The zero-order valence-electron chi connectivity index (χ0n) is 19.9. The van der Waals surface area contributed by atoms with Crippen LogP contribution in [0.5, 0.6) is 0 Å². The molecule has 0 saturated carbocycles. The minimum atomic E-state index is -0.340. The van der Waals surface area contributed by atoms with E-state index in [1.807, 2.05) is 74.5 Å². The summed E-state index contributed by atoms with van der Waals surface area (Å²) in [7, 11) is 0. The fourth-order valence-corrected chi connectivity index (χ4v) is 4.32. The molecule has 1 heterocycles. The van der Waals surface area contributed by atoms with Crippen LogP contribution in [0.1, 0.15) is 46.3 Å². The van der Waals surface area contributed by atoms with E-state index in [2.05, 4.69) is 20.9 Å². The average molecular weight is 457 g/mol. The molecule has 0 radical (unpaired) electrons. The van der Waals surface area contributed by atoms with Gasteiger partial charge in [-0.1, -0.05) is 48.0 Å². The smallest absolute Gasteiger partial charge is 0.323 e.